The minimum Gasteiger partial charge on any atom is -0.508 e. The van der Waals surface area contributed by atoms with Crippen molar-refractivity contribution in [2.75, 3.05) is 0 Å². The highest BCUT2D eigenvalue weighted by Crippen LogP contribution is 2.42. The number of ether oxygens (including phenoxy) is 1. The van der Waals surface area contributed by atoms with E-state index in [2.05, 4.69) is 5.32 Å². The number of aromatic hydroxyl groups is 1. The van der Waals surface area contributed by atoms with E-state index in [1.54, 1.807) is 38.1 Å². The molecular weight excluding hydrogens is 318 g/mol. The maximum atomic E-state index is 12.7. The molecule has 3 rings (SSSR count). The predicted molar refractivity (Wildman–Crippen MR) is 93.8 cm³/mol. The van der Waals surface area contributed by atoms with Gasteiger partial charge < -0.3 is 15.2 Å². The van der Waals surface area contributed by atoms with Gasteiger partial charge in [-0.15, -0.1) is 0 Å². The Morgan fingerprint density at radius 1 is 1.24 bits per heavy atom. The molecule has 1 heterocycles. The number of carbonyl (C=O) groups excluding carboxylic acids is 2. The van der Waals surface area contributed by atoms with E-state index in [0.29, 0.717) is 17.6 Å². The molecule has 1 aliphatic carbocycles. The van der Waals surface area contributed by atoms with E-state index in [0.717, 1.165) is 29.8 Å². The first-order valence-electron chi connectivity index (χ1n) is 8.62. The molecular formula is C20H23NO4. The molecule has 5 nitrogen and oxygen atoms in total. The van der Waals surface area contributed by atoms with E-state index in [4.69, 9.17) is 4.74 Å². The lowest BCUT2D eigenvalue weighted by molar-refractivity contribution is -0.143. The van der Waals surface area contributed by atoms with Crippen molar-refractivity contribution in [1.82, 2.24) is 5.32 Å². The van der Waals surface area contributed by atoms with Crippen molar-refractivity contribution in [3.8, 4) is 5.75 Å². The Balaban J connectivity index is 2.13. The van der Waals surface area contributed by atoms with E-state index < -0.39 is 11.9 Å². The average Bonchev–Trinajstić information content (AvgIpc) is 2.53. The summed E-state index contributed by atoms with van der Waals surface area (Å²) in [7, 11) is 0. The largest absolute Gasteiger partial charge is 0.508 e. The van der Waals surface area contributed by atoms with E-state index in [1.807, 2.05) is 6.92 Å². The van der Waals surface area contributed by atoms with Crippen LogP contribution in [0.2, 0.25) is 0 Å². The third-order valence-electron chi connectivity index (χ3n) is 4.56. The van der Waals surface area contributed by atoms with Crippen molar-refractivity contribution in [2.45, 2.75) is 52.1 Å². The number of dihydropyridines is 1. The monoisotopic (exact) mass is 341 g/mol. The Labute approximate surface area is 147 Å². The minimum atomic E-state index is -0.462. The van der Waals surface area contributed by atoms with E-state index >= 15 is 0 Å². The fourth-order valence-corrected chi connectivity index (χ4v) is 3.53. The van der Waals surface area contributed by atoms with Gasteiger partial charge in [-0.1, -0.05) is 12.1 Å². The zero-order valence-electron chi connectivity index (χ0n) is 14.8. The summed E-state index contributed by atoms with van der Waals surface area (Å²) in [4.78, 5) is 25.4. The van der Waals surface area contributed by atoms with Crippen molar-refractivity contribution in [1.29, 1.82) is 0 Å². The Kier molecular flexibility index (Phi) is 4.66. The number of benzene rings is 1. The van der Waals surface area contributed by atoms with Crippen LogP contribution in [0.5, 0.6) is 5.75 Å². The normalized spacial score (nSPS) is 20.5. The Bertz CT molecular complexity index is 771. The number of hydrogen-bond donors (Lipinski definition) is 2. The molecule has 0 fully saturated rings. The standard InChI is InChI=1S/C20H23NO4/c1-11(2)25-20(24)17-12(3)21-15-5-4-6-16(23)19(15)18(17)13-7-9-14(22)10-8-13/h7-11,18,21-22H,4-6H2,1-3H3/t18-/m0/s1. The van der Waals surface area contributed by atoms with Gasteiger partial charge in [0.2, 0.25) is 0 Å². The quantitative estimate of drug-likeness (QED) is 0.825. The van der Waals surface area contributed by atoms with Crippen LogP contribution in [0.3, 0.4) is 0 Å². The third-order valence-corrected chi connectivity index (χ3v) is 4.56. The fraction of sp³-hybridized carbons (Fsp3) is 0.400. The van der Waals surface area contributed by atoms with Gasteiger partial charge in [-0.3, -0.25) is 4.79 Å². The van der Waals surface area contributed by atoms with Gasteiger partial charge in [0.05, 0.1) is 11.7 Å². The van der Waals surface area contributed by atoms with Gasteiger partial charge in [-0.25, -0.2) is 4.79 Å². The van der Waals surface area contributed by atoms with Crippen molar-refractivity contribution >= 4 is 11.8 Å². The maximum Gasteiger partial charge on any atom is 0.337 e. The maximum absolute atomic E-state index is 12.7. The van der Waals surface area contributed by atoms with Gasteiger partial charge in [0.1, 0.15) is 5.75 Å². The van der Waals surface area contributed by atoms with E-state index in [9.17, 15) is 14.7 Å². The first-order chi connectivity index (χ1) is 11.9. The van der Waals surface area contributed by atoms with Crippen LogP contribution in [-0.2, 0) is 14.3 Å². The summed E-state index contributed by atoms with van der Waals surface area (Å²) in [5.74, 6) is -0.665. The molecule has 132 valence electrons. The molecule has 0 amide bonds. The van der Waals surface area contributed by atoms with Gasteiger partial charge in [0, 0.05) is 29.3 Å². The smallest absolute Gasteiger partial charge is 0.337 e. The molecule has 1 atom stereocenters. The van der Waals surface area contributed by atoms with Gasteiger partial charge in [0.15, 0.2) is 5.78 Å². The number of Topliss-reactive ketones (excluding diaryl/α,β-unsaturated/α-hetero) is 1. The van der Waals surface area contributed by atoms with Crippen molar-refractivity contribution in [2.24, 2.45) is 0 Å². The van der Waals surface area contributed by atoms with Crippen LogP contribution in [0.1, 0.15) is 51.5 Å². The molecule has 25 heavy (non-hydrogen) atoms. The Hall–Kier alpha value is -2.56. The number of allylic oxidation sites excluding steroid dienone is 3. The summed E-state index contributed by atoms with van der Waals surface area (Å²) in [5, 5.41) is 12.8. The van der Waals surface area contributed by atoms with Gasteiger partial charge in [-0.2, -0.15) is 0 Å². The van der Waals surface area contributed by atoms with Crippen LogP contribution in [0.4, 0.5) is 0 Å². The van der Waals surface area contributed by atoms with Crippen molar-refractivity contribution in [3.05, 3.63) is 52.4 Å². The van der Waals surface area contributed by atoms with Crippen LogP contribution in [0.15, 0.2) is 46.8 Å². The average molecular weight is 341 g/mol. The zero-order valence-corrected chi connectivity index (χ0v) is 14.8. The van der Waals surface area contributed by atoms with Gasteiger partial charge in [-0.05, 0) is 51.3 Å². The summed E-state index contributed by atoms with van der Waals surface area (Å²) in [5.41, 5.74) is 3.54. The second kappa shape index (κ2) is 6.75. The number of phenols is 1. The second-order valence-corrected chi connectivity index (χ2v) is 6.81. The number of phenolic OH excluding ortho intramolecular Hbond substituents is 1. The molecule has 0 spiro atoms. The molecule has 1 aliphatic heterocycles. The lowest BCUT2D eigenvalue weighted by Gasteiger charge is -2.34. The molecule has 2 aliphatic rings. The fourth-order valence-electron chi connectivity index (χ4n) is 3.53. The molecule has 1 aromatic carbocycles. The summed E-state index contributed by atoms with van der Waals surface area (Å²) in [6, 6.07) is 6.67. The highest BCUT2D eigenvalue weighted by atomic mass is 16.5. The minimum absolute atomic E-state index is 0.0640. The van der Waals surface area contributed by atoms with Crippen LogP contribution in [-0.4, -0.2) is 23.0 Å². The summed E-state index contributed by atoms with van der Waals surface area (Å²) in [6.45, 7) is 5.44. The first kappa shape index (κ1) is 17.3. The van der Waals surface area contributed by atoms with E-state index in [1.165, 1.54) is 0 Å². The number of ketones is 1. The summed E-state index contributed by atoms with van der Waals surface area (Å²) < 4.78 is 5.43. The summed E-state index contributed by atoms with van der Waals surface area (Å²) in [6.07, 6.45) is 1.84. The summed E-state index contributed by atoms with van der Waals surface area (Å²) >= 11 is 0. The van der Waals surface area contributed by atoms with Crippen LogP contribution >= 0.6 is 0 Å². The van der Waals surface area contributed by atoms with Crippen LogP contribution in [0.25, 0.3) is 0 Å². The highest BCUT2D eigenvalue weighted by molar-refractivity contribution is 6.03. The third kappa shape index (κ3) is 3.31. The lowest BCUT2D eigenvalue weighted by Crippen LogP contribution is -2.34. The van der Waals surface area contributed by atoms with Crippen molar-refractivity contribution < 1.29 is 19.4 Å². The van der Waals surface area contributed by atoms with Crippen LogP contribution < -0.4 is 5.32 Å². The van der Waals surface area contributed by atoms with Gasteiger partial charge in [0.25, 0.3) is 0 Å². The Morgan fingerprint density at radius 2 is 1.92 bits per heavy atom. The topological polar surface area (TPSA) is 75.6 Å². The molecule has 0 aromatic heterocycles. The molecule has 2 N–H and O–H groups in total. The number of carbonyl (C=O) groups is 2. The molecule has 1 aromatic rings. The number of esters is 1. The Morgan fingerprint density at radius 3 is 2.56 bits per heavy atom. The van der Waals surface area contributed by atoms with Gasteiger partial charge >= 0.3 is 5.97 Å². The van der Waals surface area contributed by atoms with E-state index in [-0.39, 0.29) is 17.6 Å². The molecule has 0 saturated heterocycles. The predicted octanol–water partition coefficient (Wildman–Crippen LogP) is 3.31. The first-order valence-corrected chi connectivity index (χ1v) is 8.62. The molecule has 0 saturated carbocycles. The number of nitrogens with one attached hydrogen (secondary N) is 1. The number of rotatable bonds is 3. The molecule has 0 bridgehead atoms. The number of hydrogen-bond acceptors (Lipinski definition) is 5. The lowest BCUT2D eigenvalue weighted by atomic mass is 9.75. The highest BCUT2D eigenvalue weighted by Gasteiger charge is 2.39. The van der Waals surface area contributed by atoms with Crippen LogP contribution in [0, 0.1) is 0 Å². The second-order valence-electron chi connectivity index (χ2n) is 6.81. The molecule has 0 radical (unpaired) electrons. The molecule has 5 heteroatoms. The molecule has 0 unspecified atom stereocenters. The van der Waals surface area contributed by atoms with Crippen molar-refractivity contribution in [3.63, 3.8) is 0 Å². The zero-order chi connectivity index (χ0) is 18.1. The SMILES string of the molecule is CC1=C(C(=O)OC(C)C)[C@H](c2ccc(O)cc2)C2=C(CCCC2=O)N1.